The molecule has 120 valence electrons. The van der Waals surface area contributed by atoms with Gasteiger partial charge in [-0.15, -0.1) is 0 Å². The fourth-order valence-electron chi connectivity index (χ4n) is 2.00. The first-order valence-corrected chi connectivity index (χ1v) is 7.53. The monoisotopic (exact) mass is 378 g/mol. The number of Topliss-reactive ketones (excluding diaryl/α,β-unsaturated/α-hetero) is 1. The maximum Gasteiger partial charge on any atom is 0.342 e. The Morgan fingerprint density at radius 1 is 1.04 bits per heavy atom. The second-order valence-electron chi connectivity index (χ2n) is 4.55. The highest BCUT2D eigenvalue weighted by atomic mass is 79.9. The number of para-hydroxylation sites is 1. The number of halogens is 1. The van der Waals surface area contributed by atoms with E-state index in [0.29, 0.717) is 11.3 Å². The molecule has 0 bridgehead atoms. The second-order valence-corrected chi connectivity index (χ2v) is 5.47. The summed E-state index contributed by atoms with van der Waals surface area (Å²) < 4.78 is 16.2. The summed E-state index contributed by atoms with van der Waals surface area (Å²) in [5, 5.41) is 0. The van der Waals surface area contributed by atoms with Crippen molar-refractivity contribution in [2.75, 3.05) is 20.8 Å². The number of benzene rings is 2. The van der Waals surface area contributed by atoms with Gasteiger partial charge in [0.15, 0.2) is 23.9 Å². The second kappa shape index (κ2) is 7.78. The van der Waals surface area contributed by atoms with Crippen LogP contribution >= 0.6 is 15.9 Å². The summed E-state index contributed by atoms with van der Waals surface area (Å²) in [6.07, 6.45) is 0. The third-order valence-electron chi connectivity index (χ3n) is 3.10. The van der Waals surface area contributed by atoms with Gasteiger partial charge in [0.05, 0.1) is 14.2 Å². The number of hydrogen-bond acceptors (Lipinski definition) is 5. The van der Waals surface area contributed by atoms with Crippen molar-refractivity contribution < 1.29 is 23.8 Å². The zero-order chi connectivity index (χ0) is 16.8. The first-order chi connectivity index (χ1) is 11.1. The predicted molar refractivity (Wildman–Crippen MR) is 88.3 cm³/mol. The lowest BCUT2D eigenvalue weighted by Gasteiger charge is -2.11. The number of methoxy groups -OCH3 is 2. The maximum absolute atomic E-state index is 12.2. The molecule has 5 nitrogen and oxygen atoms in total. The highest BCUT2D eigenvalue weighted by Crippen LogP contribution is 2.31. The Balaban J connectivity index is 2.10. The van der Waals surface area contributed by atoms with Gasteiger partial charge in [0.25, 0.3) is 0 Å². The molecule has 0 N–H and O–H groups in total. The van der Waals surface area contributed by atoms with Crippen molar-refractivity contribution in [3.63, 3.8) is 0 Å². The Morgan fingerprint density at radius 2 is 1.78 bits per heavy atom. The molecule has 0 heterocycles. The topological polar surface area (TPSA) is 61.8 Å². The van der Waals surface area contributed by atoms with Crippen LogP contribution in [0.3, 0.4) is 0 Å². The van der Waals surface area contributed by atoms with Crippen molar-refractivity contribution in [2.24, 2.45) is 0 Å². The van der Waals surface area contributed by atoms with E-state index in [1.54, 1.807) is 36.4 Å². The summed E-state index contributed by atoms with van der Waals surface area (Å²) in [5.41, 5.74) is 0.665. The average Bonchev–Trinajstić information content (AvgIpc) is 2.58. The van der Waals surface area contributed by atoms with E-state index in [2.05, 4.69) is 15.9 Å². The number of carbonyl (C=O) groups is 2. The van der Waals surface area contributed by atoms with Crippen LogP contribution in [0.1, 0.15) is 20.7 Å². The van der Waals surface area contributed by atoms with Crippen LogP contribution in [0.4, 0.5) is 0 Å². The molecular weight excluding hydrogens is 364 g/mol. The van der Waals surface area contributed by atoms with Crippen molar-refractivity contribution in [2.45, 2.75) is 0 Å². The number of esters is 1. The fraction of sp³-hybridized carbons (Fsp3) is 0.176. The van der Waals surface area contributed by atoms with Crippen LogP contribution in [0, 0.1) is 0 Å². The van der Waals surface area contributed by atoms with Crippen LogP contribution in [-0.4, -0.2) is 32.6 Å². The standard InChI is InChI=1S/C17H15BrO5/c1-21-15-8-4-7-13(16(15)22-2)17(20)23-10-14(19)11-5-3-6-12(18)9-11/h3-9H,10H2,1-2H3. The Labute approximate surface area is 142 Å². The summed E-state index contributed by atoms with van der Waals surface area (Å²) in [5.74, 6) is -0.249. The molecule has 0 aromatic heterocycles. The van der Waals surface area contributed by atoms with Gasteiger partial charge in [0.2, 0.25) is 0 Å². The van der Waals surface area contributed by atoms with E-state index in [4.69, 9.17) is 14.2 Å². The van der Waals surface area contributed by atoms with E-state index in [1.165, 1.54) is 14.2 Å². The number of rotatable bonds is 6. The summed E-state index contributed by atoms with van der Waals surface area (Å²) >= 11 is 3.29. The first-order valence-electron chi connectivity index (χ1n) is 6.73. The smallest absolute Gasteiger partial charge is 0.342 e. The highest BCUT2D eigenvalue weighted by molar-refractivity contribution is 9.10. The minimum absolute atomic E-state index is 0.203. The quantitative estimate of drug-likeness (QED) is 0.568. The fourth-order valence-corrected chi connectivity index (χ4v) is 2.40. The molecule has 6 heteroatoms. The lowest BCUT2D eigenvalue weighted by atomic mass is 10.1. The lowest BCUT2D eigenvalue weighted by molar-refractivity contribution is 0.0471. The molecule has 0 aliphatic heterocycles. The van der Waals surface area contributed by atoms with Crippen LogP contribution in [0.5, 0.6) is 11.5 Å². The normalized spacial score (nSPS) is 10.0. The first kappa shape index (κ1) is 17.0. The molecule has 2 aromatic rings. The number of ether oxygens (including phenoxy) is 3. The lowest BCUT2D eigenvalue weighted by Crippen LogP contribution is -2.15. The largest absolute Gasteiger partial charge is 0.493 e. The third kappa shape index (κ3) is 4.10. The van der Waals surface area contributed by atoms with E-state index in [9.17, 15) is 9.59 Å². The predicted octanol–water partition coefficient (Wildman–Crippen LogP) is 3.51. The summed E-state index contributed by atoms with van der Waals surface area (Å²) in [7, 11) is 2.91. The Kier molecular flexibility index (Phi) is 5.76. The van der Waals surface area contributed by atoms with E-state index in [1.807, 2.05) is 6.07 Å². The van der Waals surface area contributed by atoms with Crippen molar-refractivity contribution >= 4 is 27.7 Å². The molecule has 0 aliphatic carbocycles. The van der Waals surface area contributed by atoms with Gasteiger partial charge in [-0.3, -0.25) is 4.79 Å². The van der Waals surface area contributed by atoms with Crippen LogP contribution in [-0.2, 0) is 4.74 Å². The molecule has 2 aromatic carbocycles. The van der Waals surface area contributed by atoms with Crippen LogP contribution in [0.2, 0.25) is 0 Å². The van der Waals surface area contributed by atoms with Gasteiger partial charge < -0.3 is 14.2 Å². The van der Waals surface area contributed by atoms with E-state index in [-0.39, 0.29) is 23.7 Å². The van der Waals surface area contributed by atoms with Crippen molar-refractivity contribution in [1.82, 2.24) is 0 Å². The number of ketones is 1. The molecule has 23 heavy (non-hydrogen) atoms. The molecule has 0 fully saturated rings. The van der Waals surface area contributed by atoms with Crippen molar-refractivity contribution in [1.29, 1.82) is 0 Å². The van der Waals surface area contributed by atoms with Gasteiger partial charge in [-0.05, 0) is 24.3 Å². The molecule has 0 atom stereocenters. The zero-order valence-electron chi connectivity index (χ0n) is 12.7. The number of carbonyl (C=O) groups excluding carboxylic acids is 2. The van der Waals surface area contributed by atoms with Crippen LogP contribution < -0.4 is 9.47 Å². The molecule has 0 amide bonds. The molecule has 0 saturated carbocycles. The summed E-state index contributed by atoms with van der Waals surface area (Å²) in [6, 6.07) is 11.7. The maximum atomic E-state index is 12.2. The third-order valence-corrected chi connectivity index (χ3v) is 3.60. The minimum Gasteiger partial charge on any atom is -0.493 e. The Bertz CT molecular complexity index is 727. The molecule has 0 spiro atoms. The van der Waals surface area contributed by atoms with Gasteiger partial charge in [-0.1, -0.05) is 34.1 Å². The van der Waals surface area contributed by atoms with E-state index < -0.39 is 5.97 Å². The van der Waals surface area contributed by atoms with Gasteiger partial charge in [0, 0.05) is 10.0 Å². The molecular formula is C17H15BrO5. The summed E-state index contributed by atoms with van der Waals surface area (Å²) in [4.78, 5) is 24.2. The number of hydrogen-bond donors (Lipinski definition) is 0. The Morgan fingerprint density at radius 3 is 2.43 bits per heavy atom. The molecule has 0 saturated heterocycles. The molecule has 2 rings (SSSR count). The summed E-state index contributed by atoms with van der Waals surface area (Å²) in [6.45, 7) is -0.352. The van der Waals surface area contributed by atoms with E-state index in [0.717, 1.165) is 4.47 Å². The highest BCUT2D eigenvalue weighted by Gasteiger charge is 2.19. The Hall–Kier alpha value is -2.34. The molecule has 0 unspecified atom stereocenters. The van der Waals surface area contributed by atoms with Crippen molar-refractivity contribution in [3.05, 3.63) is 58.1 Å². The van der Waals surface area contributed by atoms with Crippen molar-refractivity contribution in [3.8, 4) is 11.5 Å². The van der Waals surface area contributed by atoms with Gasteiger partial charge in [0.1, 0.15) is 5.56 Å². The zero-order valence-corrected chi connectivity index (χ0v) is 14.3. The van der Waals surface area contributed by atoms with Crippen LogP contribution in [0.25, 0.3) is 0 Å². The SMILES string of the molecule is COc1cccc(C(=O)OCC(=O)c2cccc(Br)c2)c1OC. The molecule has 0 radical (unpaired) electrons. The molecule has 0 aliphatic rings. The average molecular weight is 379 g/mol. The minimum atomic E-state index is -0.649. The van der Waals surface area contributed by atoms with Gasteiger partial charge in [-0.2, -0.15) is 0 Å². The van der Waals surface area contributed by atoms with E-state index >= 15 is 0 Å². The van der Waals surface area contributed by atoms with Gasteiger partial charge in [-0.25, -0.2) is 4.79 Å². The van der Waals surface area contributed by atoms with Gasteiger partial charge >= 0.3 is 5.97 Å². The van der Waals surface area contributed by atoms with Crippen LogP contribution in [0.15, 0.2) is 46.9 Å².